The minimum absolute atomic E-state index is 0.0703. The Kier molecular flexibility index (Phi) is 10.8. The molecule has 0 aromatic heterocycles. The van der Waals surface area contributed by atoms with Crippen molar-refractivity contribution in [2.45, 2.75) is 75.5 Å². The van der Waals surface area contributed by atoms with Gasteiger partial charge in [-0.05, 0) is 82.7 Å². The number of likely N-dealkylation sites (N-methyl/N-ethyl adjacent to an activating group) is 3. The second-order valence-electron chi connectivity index (χ2n) is 10.5. The van der Waals surface area contributed by atoms with Crippen LogP contribution in [0.1, 0.15) is 49.7 Å². The van der Waals surface area contributed by atoms with E-state index in [1.165, 1.54) is 24.2 Å². The highest BCUT2D eigenvalue weighted by atomic mass is 32.2. The molecule has 0 saturated heterocycles. The zero-order valence-electron chi connectivity index (χ0n) is 23.4. The van der Waals surface area contributed by atoms with Crippen molar-refractivity contribution in [2.24, 2.45) is 0 Å². The van der Waals surface area contributed by atoms with Gasteiger partial charge in [0, 0.05) is 39.3 Å². The smallest absolute Gasteiger partial charge is 0.248 e. The summed E-state index contributed by atoms with van der Waals surface area (Å²) < 4.78 is 44.5. The highest BCUT2D eigenvalue weighted by molar-refractivity contribution is 7.89. The van der Waals surface area contributed by atoms with Crippen LogP contribution in [0.5, 0.6) is 5.75 Å². The predicted molar refractivity (Wildman–Crippen MR) is 144 cm³/mol. The normalized spacial score (nSPS) is 20.4. The molecule has 1 unspecified atom stereocenters. The summed E-state index contributed by atoms with van der Waals surface area (Å²) in [5.74, 6) is 0.533. The lowest BCUT2D eigenvalue weighted by Crippen LogP contribution is -2.44. The molecule has 1 aromatic rings. The summed E-state index contributed by atoms with van der Waals surface area (Å²) in [5, 5.41) is 0. The van der Waals surface area contributed by atoms with Crippen LogP contribution in [0.3, 0.4) is 0 Å². The van der Waals surface area contributed by atoms with Crippen LogP contribution in [0, 0.1) is 13.8 Å². The van der Waals surface area contributed by atoms with Gasteiger partial charge in [0.15, 0.2) is 0 Å². The maximum absolute atomic E-state index is 13.1. The van der Waals surface area contributed by atoms with Gasteiger partial charge in [0.1, 0.15) is 12.4 Å². The predicted octanol–water partition coefficient (Wildman–Crippen LogP) is 2.83. The van der Waals surface area contributed by atoms with Crippen LogP contribution < -0.4 is 4.74 Å². The Balaban J connectivity index is 1.41. The first kappa shape index (κ1) is 29.8. The van der Waals surface area contributed by atoms with Gasteiger partial charge in [-0.15, -0.1) is 0 Å². The quantitative estimate of drug-likeness (QED) is 0.336. The van der Waals surface area contributed by atoms with Crippen molar-refractivity contribution in [2.75, 3.05) is 61.2 Å². The average Bonchev–Trinajstić information content (AvgIpc) is 3.71. The Morgan fingerprint density at radius 2 is 1.65 bits per heavy atom. The van der Waals surface area contributed by atoms with Crippen LogP contribution in [0.4, 0.5) is 0 Å². The number of hydrogen-bond donors (Lipinski definition) is 0. The maximum Gasteiger partial charge on any atom is 0.248 e. The number of carbonyl (C=O) groups is 1. The van der Waals surface area contributed by atoms with Crippen molar-refractivity contribution in [1.82, 2.24) is 14.1 Å². The van der Waals surface area contributed by atoms with Gasteiger partial charge in [-0.2, -0.15) is 4.31 Å². The number of methoxy groups -OCH3 is 1. The van der Waals surface area contributed by atoms with Gasteiger partial charge in [-0.1, -0.05) is 0 Å². The molecule has 2 aliphatic carbocycles. The van der Waals surface area contributed by atoms with E-state index in [4.69, 9.17) is 14.2 Å². The average molecular weight is 540 g/mol. The summed E-state index contributed by atoms with van der Waals surface area (Å²) in [6.07, 6.45) is 6.67. The van der Waals surface area contributed by atoms with E-state index in [0.717, 1.165) is 44.9 Å². The Morgan fingerprint density at radius 1 is 0.973 bits per heavy atom. The van der Waals surface area contributed by atoms with Crippen molar-refractivity contribution in [3.63, 3.8) is 0 Å². The van der Waals surface area contributed by atoms with E-state index in [2.05, 4.69) is 11.9 Å². The van der Waals surface area contributed by atoms with Gasteiger partial charge >= 0.3 is 0 Å². The minimum Gasteiger partial charge on any atom is -0.497 e. The first-order chi connectivity index (χ1) is 17.5. The van der Waals surface area contributed by atoms with E-state index >= 15 is 0 Å². The molecule has 9 nitrogen and oxygen atoms in total. The molecular weight excluding hydrogens is 494 g/mol. The molecule has 1 amide bonds. The summed E-state index contributed by atoms with van der Waals surface area (Å²) in [4.78, 5) is 17.2. The van der Waals surface area contributed by atoms with Crippen molar-refractivity contribution in [1.29, 1.82) is 0 Å². The zero-order chi connectivity index (χ0) is 27.2. The molecule has 2 atom stereocenters. The molecule has 0 aliphatic heterocycles. The van der Waals surface area contributed by atoms with Crippen LogP contribution in [-0.4, -0.2) is 108 Å². The molecule has 0 N–H and O–H groups in total. The summed E-state index contributed by atoms with van der Waals surface area (Å²) in [6.45, 7) is 5.42. The number of hydrogen-bond acceptors (Lipinski definition) is 7. The molecule has 10 heteroatoms. The molecule has 0 bridgehead atoms. The third kappa shape index (κ3) is 8.13. The third-order valence-electron chi connectivity index (χ3n) is 7.62. The number of sulfonamides is 1. The molecule has 3 rings (SSSR count). The number of ether oxygens (including phenoxy) is 3. The molecule has 1 aromatic carbocycles. The molecule has 0 radical (unpaired) electrons. The van der Waals surface area contributed by atoms with Gasteiger partial charge in [-0.25, -0.2) is 8.42 Å². The molecule has 210 valence electrons. The third-order valence-corrected chi connectivity index (χ3v) is 9.78. The van der Waals surface area contributed by atoms with E-state index in [-0.39, 0.29) is 42.7 Å². The Hall–Kier alpha value is -1.72. The monoisotopic (exact) mass is 539 g/mol. The highest BCUT2D eigenvalue weighted by Crippen LogP contribution is 2.28. The van der Waals surface area contributed by atoms with Crippen molar-refractivity contribution >= 4 is 15.9 Å². The van der Waals surface area contributed by atoms with Gasteiger partial charge in [-0.3, -0.25) is 4.79 Å². The second kappa shape index (κ2) is 13.4. The molecule has 0 spiro atoms. The molecule has 2 aliphatic rings. The van der Waals surface area contributed by atoms with Crippen LogP contribution in [0.15, 0.2) is 17.0 Å². The number of rotatable bonds is 14. The first-order valence-corrected chi connectivity index (χ1v) is 14.8. The molecular formula is C27H45N3O6S. The van der Waals surface area contributed by atoms with Crippen molar-refractivity contribution in [3.8, 4) is 5.75 Å². The zero-order valence-corrected chi connectivity index (χ0v) is 24.2. The lowest BCUT2D eigenvalue weighted by Gasteiger charge is -2.35. The Morgan fingerprint density at radius 3 is 2.27 bits per heavy atom. The standard InChI is InChI=1S/C27H45N3O6S/c1-20-16-25(34-6)17-21(2)27(20)37(32,33)29(4)13-14-35-19-26(31)30(5)23-8-7-9-24(18-23)36-15-12-28(3)22-10-11-22/h16-17,22-24H,7-15,18-19H2,1-6H3/t23-,24?/m1/s1. The molecule has 2 saturated carbocycles. The number of amides is 1. The topological polar surface area (TPSA) is 88.6 Å². The van der Waals surface area contributed by atoms with E-state index in [1.807, 2.05) is 7.05 Å². The molecule has 0 heterocycles. The summed E-state index contributed by atoms with van der Waals surface area (Å²) in [5.41, 5.74) is 1.26. The highest BCUT2D eigenvalue weighted by Gasteiger charge is 2.30. The van der Waals surface area contributed by atoms with Crippen LogP contribution in [0.2, 0.25) is 0 Å². The SMILES string of the molecule is COc1cc(C)c(S(=O)(=O)N(C)CCOCC(=O)N(C)[C@@H]2CCCC(OCCN(C)C3CC3)C2)c(C)c1. The minimum atomic E-state index is -3.69. The second-order valence-corrected chi connectivity index (χ2v) is 12.5. The van der Waals surface area contributed by atoms with Gasteiger partial charge in [0.05, 0.1) is 31.3 Å². The fourth-order valence-electron chi connectivity index (χ4n) is 5.05. The lowest BCUT2D eigenvalue weighted by molar-refractivity contribution is -0.138. The van der Waals surface area contributed by atoms with Gasteiger partial charge in [0.2, 0.25) is 15.9 Å². The van der Waals surface area contributed by atoms with Crippen LogP contribution in [-0.2, 0) is 24.3 Å². The first-order valence-electron chi connectivity index (χ1n) is 13.3. The van der Waals surface area contributed by atoms with Gasteiger partial charge in [0.25, 0.3) is 0 Å². The molecule has 2 fully saturated rings. The van der Waals surface area contributed by atoms with E-state index in [1.54, 1.807) is 38.0 Å². The Labute approximate surface area is 223 Å². The summed E-state index contributed by atoms with van der Waals surface area (Å²) >= 11 is 0. The van der Waals surface area contributed by atoms with E-state index in [0.29, 0.717) is 16.9 Å². The summed E-state index contributed by atoms with van der Waals surface area (Å²) in [6, 6.07) is 4.31. The van der Waals surface area contributed by atoms with Gasteiger partial charge < -0.3 is 24.0 Å². The maximum atomic E-state index is 13.1. The van der Waals surface area contributed by atoms with Crippen LogP contribution >= 0.6 is 0 Å². The number of benzene rings is 1. The molecule has 37 heavy (non-hydrogen) atoms. The number of nitrogens with zero attached hydrogens (tertiary/aromatic N) is 3. The fourth-order valence-corrected chi connectivity index (χ4v) is 6.61. The summed E-state index contributed by atoms with van der Waals surface area (Å²) in [7, 11) is 3.37. The lowest BCUT2D eigenvalue weighted by atomic mass is 9.92. The van der Waals surface area contributed by atoms with Crippen LogP contribution in [0.25, 0.3) is 0 Å². The Bertz CT molecular complexity index is 990. The van der Waals surface area contributed by atoms with E-state index < -0.39 is 10.0 Å². The van der Waals surface area contributed by atoms with E-state index in [9.17, 15) is 13.2 Å². The van der Waals surface area contributed by atoms with Crippen molar-refractivity contribution < 1.29 is 27.4 Å². The number of carbonyl (C=O) groups excluding carboxylic acids is 1. The number of aryl methyl sites for hydroxylation is 2. The van der Waals surface area contributed by atoms with Crippen molar-refractivity contribution in [3.05, 3.63) is 23.3 Å². The fraction of sp³-hybridized carbons (Fsp3) is 0.741. The largest absolute Gasteiger partial charge is 0.497 e.